The van der Waals surface area contributed by atoms with Crippen LogP contribution in [0, 0.1) is 11.3 Å². The van der Waals surface area contributed by atoms with Crippen LogP contribution in [0.3, 0.4) is 0 Å². The van der Waals surface area contributed by atoms with E-state index in [2.05, 4.69) is 0 Å². The molecular formula is C5H7NO2. The van der Waals surface area contributed by atoms with E-state index in [1.54, 1.807) is 6.92 Å². The fraction of sp³-hybridized carbons (Fsp3) is 0.800. The summed E-state index contributed by atoms with van der Waals surface area (Å²) in [5.41, 5.74) is 0. The summed E-state index contributed by atoms with van der Waals surface area (Å²) in [5.74, 6) is 0. The van der Waals surface area contributed by atoms with Gasteiger partial charge in [-0.3, -0.25) is 0 Å². The van der Waals surface area contributed by atoms with Crippen molar-refractivity contribution in [3.05, 3.63) is 0 Å². The molecule has 0 unspecified atom stereocenters. The first kappa shape index (κ1) is 5.54. The van der Waals surface area contributed by atoms with Crippen molar-refractivity contribution >= 4 is 0 Å². The highest BCUT2D eigenvalue weighted by Gasteiger charge is 2.25. The van der Waals surface area contributed by atoms with E-state index in [1.807, 2.05) is 6.07 Å². The Labute approximate surface area is 47.8 Å². The molecule has 1 rings (SSSR count). The molecule has 1 heterocycles. The van der Waals surface area contributed by atoms with Crippen LogP contribution < -0.4 is 0 Å². The van der Waals surface area contributed by atoms with E-state index in [-0.39, 0.29) is 12.6 Å². The van der Waals surface area contributed by atoms with E-state index in [9.17, 15) is 0 Å². The molecule has 1 aliphatic rings. The Morgan fingerprint density at radius 3 is 2.62 bits per heavy atom. The zero-order valence-corrected chi connectivity index (χ0v) is 4.63. The van der Waals surface area contributed by atoms with Gasteiger partial charge in [-0.2, -0.15) is 5.26 Å². The molecule has 0 saturated carbocycles. The SMILES string of the molecule is CC1OC(CC#N)O1. The van der Waals surface area contributed by atoms with Gasteiger partial charge in [0.15, 0.2) is 12.6 Å². The number of hydrogen-bond acceptors (Lipinski definition) is 3. The second kappa shape index (κ2) is 2.12. The molecule has 1 saturated heterocycles. The number of nitrogens with zero attached hydrogens (tertiary/aromatic N) is 1. The molecular weight excluding hydrogens is 106 g/mol. The molecule has 0 radical (unpaired) electrons. The van der Waals surface area contributed by atoms with Crippen LogP contribution in [0.1, 0.15) is 13.3 Å². The van der Waals surface area contributed by atoms with Crippen molar-refractivity contribution in [3.8, 4) is 6.07 Å². The van der Waals surface area contributed by atoms with Gasteiger partial charge >= 0.3 is 0 Å². The van der Waals surface area contributed by atoms with Crippen molar-refractivity contribution in [1.82, 2.24) is 0 Å². The average Bonchev–Trinajstić information content (AvgIpc) is 1.64. The van der Waals surface area contributed by atoms with Crippen LogP contribution >= 0.6 is 0 Å². The van der Waals surface area contributed by atoms with Gasteiger partial charge in [0.25, 0.3) is 0 Å². The molecule has 0 atom stereocenters. The maximum absolute atomic E-state index is 8.08. The third-order valence-corrected chi connectivity index (χ3v) is 0.945. The second-order valence-corrected chi connectivity index (χ2v) is 1.63. The summed E-state index contributed by atoms with van der Waals surface area (Å²) in [6, 6.07) is 1.94. The summed E-state index contributed by atoms with van der Waals surface area (Å²) in [4.78, 5) is 0. The van der Waals surface area contributed by atoms with Crippen molar-refractivity contribution in [2.45, 2.75) is 25.9 Å². The van der Waals surface area contributed by atoms with Crippen LogP contribution in [0.15, 0.2) is 0 Å². The van der Waals surface area contributed by atoms with Gasteiger partial charge < -0.3 is 9.47 Å². The van der Waals surface area contributed by atoms with Crippen molar-refractivity contribution in [1.29, 1.82) is 5.26 Å². The van der Waals surface area contributed by atoms with Gasteiger partial charge in [-0.1, -0.05) is 0 Å². The lowest BCUT2D eigenvalue weighted by Crippen LogP contribution is -2.38. The quantitative estimate of drug-likeness (QED) is 0.500. The van der Waals surface area contributed by atoms with E-state index in [0.29, 0.717) is 6.42 Å². The van der Waals surface area contributed by atoms with Gasteiger partial charge in [-0.15, -0.1) is 0 Å². The lowest BCUT2D eigenvalue weighted by molar-refractivity contribution is -0.373. The van der Waals surface area contributed by atoms with E-state index < -0.39 is 0 Å². The van der Waals surface area contributed by atoms with Gasteiger partial charge in [-0.25, -0.2) is 0 Å². The van der Waals surface area contributed by atoms with Crippen molar-refractivity contribution in [2.75, 3.05) is 0 Å². The zero-order chi connectivity index (χ0) is 5.98. The Kier molecular flexibility index (Phi) is 1.47. The van der Waals surface area contributed by atoms with E-state index >= 15 is 0 Å². The minimum absolute atomic E-state index is 0.103. The normalized spacial score (nSPS) is 35.5. The van der Waals surface area contributed by atoms with Crippen LogP contribution in [0.2, 0.25) is 0 Å². The minimum Gasteiger partial charge on any atom is -0.323 e. The minimum atomic E-state index is -0.255. The van der Waals surface area contributed by atoms with Crippen LogP contribution in [0.25, 0.3) is 0 Å². The first-order chi connectivity index (χ1) is 3.83. The molecule has 8 heavy (non-hydrogen) atoms. The molecule has 0 spiro atoms. The van der Waals surface area contributed by atoms with Crippen LogP contribution in [0.5, 0.6) is 0 Å². The maximum atomic E-state index is 8.08. The molecule has 0 bridgehead atoms. The number of ether oxygens (including phenoxy) is 2. The first-order valence-electron chi connectivity index (χ1n) is 2.51. The second-order valence-electron chi connectivity index (χ2n) is 1.63. The Hall–Kier alpha value is -0.590. The number of rotatable bonds is 1. The topological polar surface area (TPSA) is 42.2 Å². The third kappa shape index (κ3) is 0.971. The van der Waals surface area contributed by atoms with Crippen molar-refractivity contribution < 1.29 is 9.47 Å². The summed E-state index contributed by atoms with van der Waals surface area (Å²) in [5, 5.41) is 8.08. The molecule has 1 fully saturated rings. The molecule has 0 N–H and O–H groups in total. The van der Waals surface area contributed by atoms with E-state index in [4.69, 9.17) is 14.7 Å². The summed E-state index contributed by atoms with van der Waals surface area (Å²) in [6.07, 6.45) is -0.0204. The highest BCUT2D eigenvalue weighted by Crippen LogP contribution is 2.17. The highest BCUT2D eigenvalue weighted by molar-refractivity contribution is 4.74. The summed E-state index contributed by atoms with van der Waals surface area (Å²) in [7, 11) is 0. The standard InChI is InChI=1S/C5H7NO2/c1-4-7-5(8-4)2-3-6/h4-5H,2H2,1H3. The molecule has 3 nitrogen and oxygen atoms in total. The predicted octanol–water partition coefficient (Wildman–Crippen LogP) is 0.619. The number of hydrogen-bond donors (Lipinski definition) is 0. The molecule has 1 aliphatic heterocycles. The van der Waals surface area contributed by atoms with Gasteiger partial charge in [0, 0.05) is 0 Å². The molecule has 44 valence electrons. The Balaban J connectivity index is 2.09. The Bertz CT molecular complexity index is 112. The molecule has 0 amide bonds. The summed E-state index contributed by atoms with van der Waals surface area (Å²) >= 11 is 0. The largest absolute Gasteiger partial charge is 0.323 e. The Morgan fingerprint density at radius 1 is 1.62 bits per heavy atom. The molecule has 0 aliphatic carbocycles. The van der Waals surface area contributed by atoms with Gasteiger partial charge in [0.1, 0.15) is 0 Å². The molecule has 0 aromatic heterocycles. The van der Waals surface area contributed by atoms with Gasteiger partial charge in [0.2, 0.25) is 0 Å². The molecule has 0 aromatic carbocycles. The van der Waals surface area contributed by atoms with Crippen molar-refractivity contribution in [2.24, 2.45) is 0 Å². The van der Waals surface area contributed by atoms with E-state index in [0.717, 1.165) is 0 Å². The van der Waals surface area contributed by atoms with E-state index in [1.165, 1.54) is 0 Å². The lowest BCUT2D eigenvalue weighted by Gasteiger charge is -2.31. The summed E-state index contributed by atoms with van der Waals surface area (Å²) < 4.78 is 9.87. The fourth-order valence-corrected chi connectivity index (χ4v) is 0.608. The summed E-state index contributed by atoms with van der Waals surface area (Å²) in [6.45, 7) is 1.80. The highest BCUT2D eigenvalue weighted by atomic mass is 16.9. The van der Waals surface area contributed by atoms with Gasteiger partial charge in [-0.05, 0) is 6.92 Å². The average molecular weight is 113 g/mol. The fourth-order valence-electron chi connectivity index (χ4n) is 0.608. The lowest BCUT2D eigenvalue weighted by atomic mass is 10.4. The van der Waals surface area contributed by atoms with Crippen LogP contribution in [-0.4, -0.2) is 12.6 Å². The number of nitriles is 1. The van der Waals surface area contributed by atoms with Crippen LogP contribution in [-0.2, 0) is 9.47 Å². The maximum Gasteiger partial charge on any atom is 0.176 e. The van der Waals surface area contributed by atoms with Crippen LogP contribution in [0.4, 0.5) is 0 Å². The molecule has 3 heteroatoms. The molecule has 0 aromatic rings. The first-order valence-corrected chi connectivity index (χ1v) is 2.51. The van der Waals surface area contributed by atoms with Gasteiger partial charge in [0.05, 0.1) is 12.5 Å². The van der Waals surface area contributed by atoms with Crippen molar-refractivity contribution in [3.63, 3.8) is 0 Å². The monoisotopic (exact) mass is 113 g/mol. The third-order valence-electron chi connectivity index (χ3n) is 0.945. The predicted molar refractivity (Wildman–Crippen MR) is 25.6 cm³/mol. The zero-order valence-electron chi connectivity index (χ0n) is 4.63. The Morgan fingerprint density at radius 2 is 2.25 bits per heavy atom. The smallest absolute Gasteiger partial charge is 0.176 e.